The minimum absolute atomic E-state index is 0.782. The Hall–Kier alpha value is -2.61. The summed E-state index contributed by atoms with van der Waals surface area (Å²) in [7, 11) is 1.66. The summed E-state index contributed by atoms with van der Waals surface area (Å²) in [5.41, 5.74) is 1.91. The van der Waals surface area contributed by atoms with E-state index in [0.717, 1.165) is 17.0 Å². The van der Waals surface area contributed by atoms with Gasteiger partial charge in [-0.3, -0.25) is 4.99 Å². The molecule has 0 unspecified atom stereocenters. The maximum absolute atomic E-state index is 5.29. The normalized spacial score (nSPS) is 11.1. The molecule has 0 N–H and O–H groups in total. The Bertz CT molecular complexity index is 762. The van der Waals surface area contributed by atoms with Gasteiger partial charge in [0, 0.05) is 6.21 Å². The molecule has 0 radical (unpaired) electrons. The Morgan fingerprint density at radius 2 is 1.60 bits per heavy atom. The number of benzene rings is 3. The van der Waals surface area contributed by atoms with Crippen LogP contribution in [0.15, 0.2) is 71.7 Å². The zero-order valence-electron chi connectivity index (χ0n) is 11.3. The van der Waals surface area contributed by atoms with Gasteiger partial charge in [0.2, 0.25) is 0 Å². The molecule has 0 atom stereocenters. The van der Waals surface area contributed by atoms with Crippen LogP contribution >= 0.6 is 0 Å². The first kappa shape index (κ1) is 12.4. The molecule has 3 aromatic rings. The van der Waals surface area contributed by atoms with Crippen LogP contribution in [0, 0.1) is 0 Å². The topological polar surface area (TPSA) is 21.6 Å². The molecular weight excluding hydrogens is 246 g/mol. The highest BCUT2D eigenvalue weighted by atomic mass is 16.5. The summed E-state index contributed by atoms with van der Waals surface area (Å²) in [6, 6.07) is 22.4. The predicted molar refractivity (Wildman–Crippen MR) is 84.2 cm³/mol. The van der Waals surface area contributed by atoms with E-state index in [9.17, 15) is 0 Å². The maximum Gasteiger partial charge on any atom is 0.144 e. The van der Waals surface area contributed by atoms with E-state index in [4.69, 9.17) is 4.74 Å². The lowest BCUT2D eigenvalue weighted by molar-refractivity contribution is 0.416. The van der Waals surface area contributed by atoms with E-state index in [0.29, 0.717) is 0 Å². The van der Waals surface area contributed by atoms with Gasteiger partial charge in [0.05, 0.1) is 7.11 Å². The summed E-state index contributed by atoms with van der Waals surface area (Å²) in [5, 5.41) is 2.46. The van der Waals surface area contributed by atoms with Crippen molar-refractivity contribution in [1.29, 1.82) is 0 Å². The molecule has 0 aliphatic rings. The zero-order valence-corrected chi connectivity index (χ0v) is 11.3. The molecule has 0 fully saturated rings. The van der Waals surface area contributed by atoms with E-state index < -0.39 is 0 Å². The van der Waals surface area contributed by atoms with Crippen molar-refractivity contribution in [1.82, 2.24) is 0 Å². The van der Waals surface area contributed by atoms with Gasteiger partial charge >= 0.3 is 0 Å². The monoisotopic (exact) mass is 261 g/mol. The van der Waals surface area contributed by atoms with E-state index in [2.05, 4.69) is 35.3 Å². The van der Waals surface area contributed by atoms with Crippen molar-refractivity contribution in [3.05, 3.63) is 72.3 Å². The number of hydrogen-bond donors (Lipinski definition) is 0. The fraction of sp³-hybridized carbons (Fsp3) is 0.0556. The van der Waals surface area contributed by atoms with Crippen LogP contribution in [0.25, 0.3) is 10.8 Å². The Morgan fingerprint density at radius 1 is 0.850 bits per heavy atom. The molecule has 0 aliphatic heterocycles. The summed E-state index contributed by atoms with van der Waals surface area (Å²) in [6.45, 7) is 0. The van der Waals surface area contributed by atoms with Gasteiger partial charge in [0.25, 0.3) is 0 Å². The van der Waals surface area contributed by atoms with Crippen LogP contribution in [-0.4, -0.2) is 13.3 Å². The van der Waals surface area contributed by atoms with E-state index in [1.54, 1.807) is 7.11 Å². The quantitative estimate of drug-likeness (QED) is 0.631. The van der Waals surface area contributed by atoms with Crippen LogP contribution < -0.4 is 4.74 Å². The molecule has 0 aromatic heterocycles. The van der Waals surface area contributed by atoms with Crippen LogP contribution in [0.1, 0.15) is 5.56 Å². The van der Waals surface area contributed by atoms with Crippen molar-refractivity contribution in [3.63, 3.8) is 0 Å². The first-order chi connectivity index (χ1) is 9.86. The molecular formula is C18H15NO. The summed E-state index contributed by atoms with van der Waals surface area (Å²) < 4.78 is 5.29. The average Bonchev–Trinajstić information content (AvgIpc) is 2.53. The molecule has 2 nitrogen and oxygen atoms in total. The third kappa shape index (κ3) is 2.54. The summed E-state index contributed by atoms with van der Waals surface area (Å²) in [5.74, 6) is 0.782. The average molecular weight is 261 g/mol. The number of nitrogens with zero attached hydrogens (tertiary/aromatic N) is 1. The lowest BCUT2D eigenvalue weighted by atomic mass is 10.1. The molecule has 0 saturated heterocycles. The number of fused-ring (bicyclic) bond motifs is 1. The highest BCUT2D eigenvalue weighted by Gasteiger charge is 1.98. The molecule has 0 spiro atoms. The van der Waals surface area contributed by atoms with Crippen molar-refractivity contribution < 1.29 is 4.74 Å². The Morgan fingerprint density at radius 3 is 2.45 bits per heavy atom. The van der Waals surface area contributed by atoms with Crippen LogP contribution in [0.3, 0.4) is 0 Å². The largest absolute Gasteiger partial charge is 0.494 e. The number of para-hydroxylation sites is 2. The first-order valence-electron chi connectivity index (χ1n) is 6.53. The lowest BCUT2D eigenvalue weighted by Gasteiger charge is -2.03. The van der Waals surface area contributed by atoms with Crippen LogP contribution in [0.5, 0.6) is 5.75 Å². The molecule has 2 heteroatoms. The first-order valence-corrected chi connectivity index (χ1v) is 6.53. The standard InChI is InChI=1S/C18H15NO/c1-20-18-9-5-4-8-17(18)19-13-14-10-11-15-6-2-3-7-16(15)12-14/h2-13H,1H3. The SMILES string of the molecule is COc1ccccc1N=Cc1ccc2ccccc2c1. The third-order valence-electron chi connectivity index (χ3n) is 3.21. The minimum atomic E-state index is 0.782. The summed E-state index contributed by atoms with van der Waals surface area (Å²) in [6.07, 6.45) is 1.87. The molecule has 98 valence electrons. The van der Waals surface area contributed by atoms with Gasteiger partial charge < -0.3 is 4.74 Å². The Labute approximate surface area is 118 Å². The van der Waals surface area contributed by atoms with E-state index in [1.165, 1.54) is 10.8 Å². The van der Waals surface area contributed by atoms with Crippen molar-refractivity contribution in [2.45, 2.75) is 0 Å². The summed E-state index contributed by atoms with van der Waals surface area (Å²) in [4.78, 5) is 4.50. The number of aliphatic imine (C=N–C) groups is 1. The number of methoxy groups -OCH3 is 1. The van der Waals surface area contributed by atoms with Crippen molar-refractivity contribution >= 4 is 22.7 Å². The van der Waals surface area contributed by atoms with Gasteiger partial charge in [-0.05, 0) is 34.5 Å². The molecule has 0 amide bonds. The number of ether oxygens (including phenoxy) is 1. The van der Waals surface area contributed by atoms with Gasteiger partial charge in [0.1, 0.15) is 11.4 Å². The second-order valence-electron chi connectivity index (χ2n) is 4.54. The lowest BCUT2D eigenvalue weighted by Crippen LogP contribution is -1.84. The third-order valence-corrected chi connectivity index (χ3v) is 3.21. The van der Waals surface area contributed by atoms with Gasteiger partial charge in [-0.15, -0.1) is 0 Å². The van der Waals surface area contributed by atoms with Crippen molar-refractivity contribution in [2.24, 2.45) is 4.99 Å². The fourth-order valence-corrected chi connectivity index (χ4v) is 2.17. The van der Waals surface area contributed by atoms with Crippen molar-refractivity contribution in [2.75, 3.05) is 7.11 Å². The van der Waals surface area contributed by atoms with Crippen LogP contribution in [-0.2, 0) is 0 Å². The molecule has 0 heterocycles. The Kier molecular flexibility index (Phi) is 3.46. The smallest absolute Gasteiger partial charge is 0.144 e. The molecule has 0 aliphatic carbocycles. The van der Waals surface area contributed by atoms with Crippen LogP contribution in [0.4, 0.5) is 5.69 Å². The zero-order chi connectivity index (χ0) is 13.8. The fourth-order valence-electron chi connectivity index (χ4n) is 2.17. The summed E-state index contributed by atoms with van der Waals surface area (Å²) >= 11 is 0. The van der Waals surface area contributed by atoms with Crippen molar-refractivity contribution in [3.8, 4) is 5.75 Å². The molecule has 0 saturated carbocycles. The molecule has 3 aromatic carbocycles. The highest BCUT2D eigenvalue weighted by molar-refractivity contribution is 5.91. The van der Waals surface area contributed by atoms with Gasteiger partial charge in [0.15, 0.2) is 0 Å². The van der Waals surface area contributed by atoms with E-state index >= 15 is 0 Å². The van der Waals surface area contributed by atoms with E-state index in [-0.39, 0.29) is 0 Å². The van der Waals surface area contributed by atoms with E-state index in [1.807, 2.05) is 42.6 Å². The second kappa shape index (κ2) is 5.57. The van der Waals surface area contributed by atoms with Gasteiger partial charge in [-0.1, -0.05) is 48.5 Å². The Balaban J connectivity index is 1.94. The highest BCUT2D eigenvalue weighted by Crippen LogP contribution is 2.26. The minimum Gasteiger partial charge on any atom is -0.494 e. The van der Waals surface area contributed by atoms with Gasteiger partial charge in [-0.2, -0.15) is 0 Å². The molecule has 3 rings (SSSR count). The second-order valence-corrected chi connectivity index (χ2v) is 4.54. The predicted octanol–water partition coefficient (Wildman–Crippen LogP) is 4.60. The molecule has 0 bridgehead atoms. The number of hydrogen-bond acceptors (Lipinski definition) is 2. The van der Waals surface area contributed by atoms with Gasteiger partial charge in [-0.25, -0.2) is 0 Å². The van der Waals surface area contributed by atoms with Crippen LogP contribution in [0.2, 0.25) is 0 Å². The number of rotatable bonds is 3. The maximum atomic E-state index is 5.29. The molecule has 20 heavy (non-hydrogen) atoms.